The molecule has 0 saturated carbocycles. The molecule has 0 bridgehead atoms. The third-order valence-corrected chi connectivity index (χ3v) is 13.3. The van der Waals surface area contributed by atoms with Gasteiger partial charge in [-0.05, 0) is 82.8 Å². The summed E-state index contributed by atoms with van der Waals surface area (Å²) in [4.78, 5) is 149. The van der Waals surface area contributed by atoms with E-state index in [1.165, 1.54) is 6.92 Å². The maximum absolute atomic E-state index is 14.8. The highest BCUT2D eigenvalue weighted by atomic mass is 16.6. The first-order chi connectivity index (χ1) is 41.2. The number of benzene rings is 2. The summed E-state index contributed by atoms with van der Waals surface area (Å²) in [7, 11) is 0. The van der Waals surface area contributed by atoms with Crippen LogP contribution in [0.25, 0.3) is 0 Å². The van der Waals surface area contributed by atoms with Gasteiger partial charge in [-0.3, -0.25) is 43.8 Å². The maximum atomic E-state index is 14.8. The second-order valence-electron chi connectivity index (χ2n) is 22.9. The van der Waals surface area contributed by atoms with Gasteiger partial charge in [0.05, 0.1) is 31.4 Å². The SMILES string of the molecule is CC[C@H](C)[C@H](NC(=O)[C@@H](CCCNC(=N)N)NC(=O)[C@H](CC(C)C)NC(=O)[C@@H](NC(=O)[C@@H](NC(=O)OCc1ccccc1)[C@H](NC(=O)OC(C)(C)C)c1ccccc1)[C@H](O)C(C)C)C(=O)N[C@H](C(=O)NCC(=O)N[C@@H](C)C(=O)N[C@@H](CO)C(=O)O)[C@H](C)O. The molecule has 30 heteroatoms. The Morgan fingerprint density at radius 3 is 1.67 bits per heavy atom. The number of hydrogen-bond donors (Lipinski definition) is 17. The number of carboxylic acids is 1. The zero-order valence-corrected chi connectivity index (χ0v) is 51.7. The Kier molecular flexibility index (Phi) is 31.9. The van der Waals surface area contributed by atoms with Gasteiger partial charge < -0.3 is 94.1 Å². The number of carbonyl (C=O) groups excluding carboxylic acids is 10. The van der Waals surface area contributed by atoms with E-state index in [4.69, 9.17) is 25.7 Å². The Hall–Kier alpha value is -8.64. The van der Waals surface area contributed by atoms with Crippen molar-refractivity contribution in [1.82, 2.24) is 58.5 Å². The van der Waals surface area contributed by atoms with E-state index < -0.39 is 169 Å². The lowest BCUT2D eigenvalue weighted by Crippen LogP contribution is -2.63. The Morgan fingerprint density at radius 1 is 0.602 bits per heavy atom. The largest absolute Gasteiger partial charge is 0.480 e. The van der Waals surface area contributed by atoms with Crippen LogP contribution >= 0.6 is 0 Å². The van der Waals surface area contributed by atoms with E-state index in [1.807, 2.05) is 5.32 Å². The second kappa shape index (κ2) is 37.1. The Morgan fingerprint density at radius 2 is 1.14 bits per heavy atom. The molecule has 0 heterocycles. The van der Waals surface area contributed by atoms with Crippen molar-refractivity contribution < 1.29 is 82.6 Å². The van der Waals surface area contributed by atoms with Crippen LogP contribution in [-0.2, 0) is 59.2 Å². The summed E-state index contributed by atoms with van der Waals surface area (Å²) in [5, 5.41) is 75.3. The van der Waals surface area contributed by atoms with Crippen molar-refractivity contribution in [3.63, 3.8) is 0 Å². The quantitative estimate of drug-likeness (QED) is 0.0221. The normalized spacial score (nSPS) is 15.4. The molecule has 0 aliphatic rings. The van der Waals surface area contributed by atoms with E-state index in [2.05, 4.69) is 53.2 Å². The molecule has 2 aromatic rings. The minimum atomic E-state index is -1.86. The molecule has 0 aliphatic carbocycles. The summed E-state index contributed by atoms with van der Waals surface area (Å²) in [5.74, 6) is -11.7. The van der Waals surface area contributed by atoms with Crippen molar-refractivity contribution >= 4 is 71.4 Å². The summed E-state index contributed by atoms with van der Waals surface area (Å²) in [5.41, 5.74) is 5.38. The van der Waals surface area contributed by atoms with Gasteiger partial charge in [0.2, 0.25) is 47.3 Å². The first-order valence-electron chi connectivity index (χ1n) is 28.9. The molecule has 12 atom stereocenters. The minimum absolute atomic E-state index is 0.0358. The van der Waals surface area contributed by atoms with Gasteiger partial charge in [0, 0.05) is 6.54 Å². The number of guanidine groups is 1. The summed E-state index contributed by atoms with van der Waals surface area (Å²) in [6, 6.07) is 2.48. The lowest BCUT2D eigenvalue weighted by Gasteiger charge is -2.33. The average molecular weight is 1240 g/mol. The van der Waals surface area contributed by atoms with Crippen LogP contribution in [0.2, 0.25) is 0 Å². The molecule has 0 aromatic heterocycles. The Balaban J connectivity index is 2.53. The number of nitrogens with one attached hydrogen (secondary N) is 12. The number of carboxylic acid groups (broad SMARTS) is 1. The van der Waals surface area contributed by atoms with Gasteiger partial charge in [0.1, 0.15) is 60.5 Å². The van der Waals surface area contributed by atoms with Crippen LogP contribution in [-0.4, -0.2) is 178 Å². The van der Waals surface area contributed by atoms with E-state index >= 15 is 0 Å². The number of aliphatic hydroxyl groups excluding tert-OH is 3. The molecule has 30 nitrogen and oxygen atoms in total. The smallest absolute Gasteiger partial charge is 0.408 e. The fourth-order valence-corrected chi connectivity index (χ4v) is 8.34. The van der Waals surface area contributed by atoms with Gasteiger partial charge >= 0.3 is 18.2 Å². The molecular weight excluding hydrogens is 1150 g/mol. The zero-order chi connectivity index (χ0) is 66.6. The first-order valence-corrected chi connectivity index (χ1v) is 28.9. The van der Waals surface area contributed by atoms with Crippen molar-refractivity contribution in [3.05, 3.63) is 71.8 Å². The molecule has 490 valence electrons. The Bertz CT molecular complexity index is 2660. The molecule has 0 saturated heterocycles. The second-order valence-corrected chi connectivity index (χ2v) is 22.9. The number of nitrogens with two attached hydrogens (primary N) is 1. The lowest BCUT2D eigenvalue weighted by molar-refractivity contribution is -0.143. The Labute approximate surface area is 512 Å². The number of amides is 10. The summed E-state index contributed by atoms with van der Waals surface area (Å²) in [6.07, 6.45) is -5.25. The number of aliphatic carboxylic acids is 1. The van der Waals surface area contributed by atoms with E-state index in [9.17, 15) is 68.1 Å². The summed E-state index contributed by atoms with van der Waals surface area (Å²) < 4.78 is 11.0. The number of ether oxygens (including phenoxy) is 2. The fourth-order valence-electron chi connectivity index (χ4n) is 8.34. The van der Waals surface area contributed by atoms with Crippen LogP contribution in [0.1, 0.15) is 119 Å². The number of carbonyl (C=O) groups is 11. The van der Waals surface area contributed by atoms with Crippen molar-refractivity contribution in [2.24, 2.45) is 23.5 Å². The first kappa shape index (κ1) is 75.5. The van der Waals surface area contributed by atoms with Crippen LogP contribution in [0, 0.1) is 23.2 Å². The third kappa shape index (κ3) is 27.0. The van der Waals surface area contributed by atoms with Gasteiger partial charge in [-0.1, -0.05) is 109 Å². The average Bonchev–Trinajstić information content (AvgIpc) is 3.66. The molecule has 0 fully saturated rings. The predicted octanol–water partition coefficient (Wildman–Crippen LogP) is -1.09. The molecule has 0 spiro atoms. The van der Waals surface area contributed by atoms with E-state index in [0.717, 1.165) is 6.92 Å². The number of aliphatic hydroxyl groups is 3. The number of alkyl carbamates (subject to hydrolysis) is 2. The molecule has 2 aromatic carbocycles. The topological polar surface area (TPSA) is 469 Å². The van der Waals surface area contributed by atoms with Crippen molar-refractivity contribution in [3.8, 4) is 0 Å². The molecule has 2 rings (SSSR count). The molecular formula is C58H91N13O17. The standard InChI is InChI=1S/C58H91N13O17/c1-12-32(6)41(51(80)68-42(34(8)73)50(79)62-27-40(74)63-33(7)47(76)66-39(28-72)54(83)84)67-48(77)37(24-19-25-61-55(59)60)64-49(78)38(26-30(2)3)65-53(82)45(46(75)31(4)5)69-52(81)44(71-56(85)87-29-35-20-15-13-16-21-35)43(36-22-17-14-18-23-36)70-57(86)88-58(9,10)11/h13-18,20-23,30-34,37-39,41-46,72-73,75H,12,19,24-29H2,1-11H3,(H,62,79)(H,63,74)(H,64,78)(H,65,82)(H,66,76)(H,67,77)(H,68,80)(H,69,81)(H,70,86)(H,71,85)(H,83,84)(H4,59,60,61)/t32-,33-,34-,37+,38-,39-,41-,42-,43+,44-,45-,46+/m0/s1. The van der Waals surface area contributed by atoms with Crippen LogP contribution in [0.15, 0.2) is 60.7 Å². The van der Waals surface area contributed by atoms with Crippen molar-refractivity contribution in [2.75, 3.05) is 19.7 Å². The minimum Gasteiger partial charge on any atom is -0.480 e. The van der Waals surface area contributed by atoms with Crippen LogP contribution in [0.3, 0.4) is 0 Å². The highest BCUT2D eigenvalue weighted by Gasteiger charge is 2.41. The third-order valence-electron chi connectivity index (χ3n) is 13.3. The highest BCUT2D eigenvalue weighted by Crippen LogP contribution is 2.21. The number of hydrogen-bond acceptors (Lipinski definition) is 17. The van der Waals surface area contributed by atoms with Gasteiger partial charge in [0.25, 0.3) is 0 Å². The van der Waals surface area contributed by atoms with Gasteiger partial charge in [-0.2, -0.15) is 0 Å². The summed E-state index contributed by atoms with van der Waals surface area (Å²) in [6.45, 7) is 15.2. The van der Waals surface area contributed by atoms with Crippen molar-refractivity contribution in [1.29, 1.82) is 5.41 Å². The van der Waals surface area contributed by atoms with E-state index in [0.29, 0.717) is 11.1 Å². The van der Waals surface area contributed by atoms with E-state index in [-0.39, 0.29) is 44.8 Å². The van der Waals surface area contributed by atoms with Gasteiger partial charge in [0.15, 0.2) is 5.96 Å². The number of rotatable bonds is 35. The molecule has 0 aliphatic heterocycles. The van der Waals surface area contributed by atoms with Crippen LogP contribution in [0.4, 0.5) is 9.59 Å². The lowest BCUT2D eigenvalue weighted by atomic mass is 9.95. The fraction of sp³-hybridized carbons (Fsp3) is 0.586. The van der Waals surface area contributed by atoms with Crippen LogP contribution in [0.5, 0.6) is 0 Å². The molecule has 18 N–H and O–H groups in total. The molecule has 0 radical (unpaired) electrons. The summed E-state index contributed by atoms with van der Waals surface area (Å²) >= 11 is 0. The highest BCUT2D eigenvalue weighted by molar-refractivity contribution is 5.98. The molecule has 10 amide bonds. The van der Waals surface area contributed by atoms with Crippen molar-refractivity contribution in [2.45, 2.75) is 181 Å². The maximum Gasteiger partial charge on any atom is 0.408 e. The molecule has 0 unspecified atom stereocenters. The molecule has 88 heavy (non-hydrogen) atoms. The van der Waals surface area contributed by atoms with Gasteiger partial charge in [-0.15, -0.1) is 0 Å². The van der Waals surface area contributed by atoms with E-state index in [1.54, 1.807) is 123 Å². The zero-order valence-electron chi connectivity index (χ0n) is 51.7. The van der Waals surface area contributed by atoms with Gasteiger partial charge in [-0.25, -0.2) is 14.4 Å². The predicted molar refractivity (Wildman–Crippen MR) is 320 cm³/mol. The monoisotopic (exact) mass is 1240 g/mol. The van der Waals surface area contributed by atoms with Crippen LogP contribution < -0.4 is 64.2 Å².